The van der Waals surface area contributed by atoms with Gasteiger partial charge in [-0.1, -0.05) is 42.2 Å². The molecule has 0 aliphatic carbocycles. The van der Waals surface area contributed by atoms with Crippen LogP contribution in [0.25, 0.3) is 0 Å². The summed E-state index contributed by atoms with van der Waals surface area (Å²) >= 11 is 0. The van der Waals surface area contributed by atoms with E-state index in [1.165, 1.54) is 14.2 Å². The van der Waals surface area contributed by atoms with Crippen LogP contribution in [0, 0.1) is 11.8 Å². The van der Waals surface area contributed by atoms with Gasteiger partial charge in [-0.15, -0.1) is 0 Å². The number of esters is 1. The maximum Gasteiger partial charge on any atom is 0.408 e. The lowest BCUT2D eigenvalue weighted by Crippen LogP contribution is -2.24. The van der Waals surface area contributed by atoms with Gasteiger partial charge in [0.2, 0.25) is 0 Å². The topological polar surface area (TPSA) is 73.9 Å². The van der Waals surface area contributed by atoms with E-state index in [0.29, 0.717) is 16.9 Å². The Labute approximate surface area is 152 Å². The molecule has 6 heteroatoms. The van der Waals surface area contributed by atoms with Gasteiger partial charge >= 0.3 is 12.1 Å². The molecule has 6 nitrogen and oxygen atoms in total. The highest BCUT2D eigenvalue weighted by Gasteiger charge is 2.09. The number of carbonyl (C=O) groups is 2. The Balaban J connectivity index is 1.90. The molecular formula is C20H19NO5. The van der Waals surface area contributed by atoms with Gasteiger partial charge in [-0.2, -0.15) is 0 Å². The van der Waals surface area contributed by atoms with Crippen molar-refractivity contribution >= 4 is 12.1 Å². The minimum atomic E-state index is -0.557. The molecule has 0 unspecified atom stereocenters. The third-order valence-corrected chi connectivity index (χ3v) is 3.38. The predicted molar refractivity (Wildman–Crippen MR) is 95.8 cm³/mol. The van der Waals surface area contributed by atoms with Crippen molar-refractivity contribution in [3.05, 3.63) is 65.2 Å². The summed E-state index contributed by atoms with van der Waals surface area (Å²) in [6.45, 7) is 0.286. The standard InChI is InChI=1S/C20H19NO5/c1-24-18-11-10-17(19(22)25-2)13-16(18)9-6-12-21-20(23)26-14-15-7-4-3-5-8-15/h3-5,7-8,10-11,13H,12,14H2,1-2H3,(H,21,23). The fraction of sp³-hybridized carbons (Fsp3) is 0.200. The van der Waals surface area contributed by atoms with E-state index in [4.69, 9.17) is 9.47 Å². The molecule has 0 fully saturated rings. The number of alkyl carbamates (subject to hydrolysis) is 1. The van der Waals surface area contributed by atoms with Gasteiger partial charge in [0.1, 0.15) is 12.4 Å². The lowest BCUT2D eigenvalue weighted by molar-refractivity contribution is 0.0600. The van der Waals surface area contributed by atoms with E-state index < -0.39 is 12.1 Å². The van der Waals surface area contributed by atoms with Gasteiger partial charge in [0.05, 0.1) is 31.9 Å². The molecule has 2 aromatic carbocycles. The SMILES string of the molecule is COC(=O)c1ccc(OC)c(C#CCNC(=O)OCc2ccccc2)c1. The smallest absolute Gasteiger partial charge is 0.408 e. The van der Waals surface area contributed by atoms with Gasteiger partial charge in [0.25, 0.3) is 0 Å². The van der Waals surface area contributed by atoms with Crippen LogP contribution in [0.15, 0.2) is 48.5 Å². The lowest BCUT2D eigenvalue weighted by Gasteiger charge is -2.06. The zero-order chi connectivity index (χ0) is 18.8. The Kier molecular flexibility index (Phi) is 7.07. The van der Waals surface area contributed by atoms with E-state index in [9.17, 15) is 9.59 Å². The molecule has 1 N–H and O–H groups in total. The summed E-state index contributed by atoms with van der Waals surface area (Å²) in [5, 5.41) is 2.54. The van der Waals surface area contributed by atoms with Gasteiger partial charge in [0.15, 0.2) is 0 Å². The zero-order valence-corrected chi connectivity index (χ0v) is 14.6. The number of rotatable bonds is 5. The van der Waals surface area contributed by atoms with Crippen molar-refractivity contribution in [2.24, 2.45) is 0 Å². The number of hydrogen-bond donors (Lipinski definition) is 1. The normalized spacial score (nSPS) is 9.46. The van der Waals surface area contributed by atoms with Gasteiger partial charge in [0, 0.05) is 0 Å². The van der Waals surface area contributed by atoms with Crippen molar-refractivity contribution in [1.29, 1.82) is 0 Å². The van der Waals surface area contributed by atoms with E-state index in [1.54, 1.807) is 18.2 Å². The Morgan fingerprint density at radius 3 is 2.54 bits per heavy atom. The first-order valence-electron chi connectivity index (χ1n) is 7.84. The van der Waals surface area contributed by atoms with Crippen LogP contribution >= 0.6 is 0 Å². The van der Waals surface area contributed by atoms with E-state index in [-0.39, 0.29) is 13.2 Å². The molecule has 0 spiro atoms. The van der Waals surface area contributed by atoms with Crippen LogP contribution in [0.1, 0.15) is 21.5 Å². The maximum atomic E-state index is 11.6. The minimum absolute atomic E-state index is 0.0965. The summed E-state index contributed by atoms with van der Waals surface area (Å²) in [6, 6.07) is 14.2. The van der Waals surface area contributed by atoms with Crippen LogP contribution in [0.4, 0.5) is 4.79 Å². The maximum absolute atomic E-state index is 11.6. The molecule has 0 aliphatic rings. The molecule has 0 aromatic heterocycles. The first-order valence-corrected chi connectivity index (χ1v) is 7.84. The van der Waals surface area contributed by atoms with Crippen molar-refractivity contribution in [2.75, 3.05) is 20.8 Å². The fourth-order valence-corrected chi connectivity index (χ4v) is 2.08. The third-order valence-electron chi connectivity index (χ3n) is 3.38. The molecular weight excluding hydrogens is 334 g/mol. The van der Waals surface area contributed by atoms with Crippen molar-refractivity contribution in [3.8, 4) is 17.6 Å². The Bertz CT molecular complexity index is 821. The van der Waals surface area contributed by atoms with Crippen LogP contribution in [0.2, 0.25) is 0 Å². The van der Waals surface area contributed by atoms with Crippen LogP contribution < -0.4 is 10.1 Å². The van der Waals surface area contributed by atoms with E-state index in [0.717, 1.165) is 5.56 Å². The Hall–Kier alpha value is -3.46. The van der Waals surface area contributed by atoms with Crippen molar-refractivity contribution in [2.45, 2.75) is 6.61 Å². The molecule has 0 saturated carbocycles. The van der Waals surface area contributed by atoms with Crippen LogP contribution in [0.3, 0.4) is 0 Å². The Morgan fingerprint density at radius 2 is 1.85 bits per heavy atom. The monoisotopic (exact) mass is 353 g/mol. The van der Waals surface area contributed by atoms with Crippen LogP contribution in [0.5, 0.6) is 5.75 Å². The predicted octanol–water partition coefficient (Wildman–Crippen LogP) is 2.76. The number of carbonyl (C=O) groups excluding carboxylic acids is 2. The molecule has 2 aromatic rings. The molecule has 0 heterocycles. The first-order chi connectivity index (χ1) is 12.6. The molecule has 0 saturated heterocycles. The molecule has 2 rings (SSSR count). The summed E-state index contributed by atoms with van der Waals surface area (Å²) in [5.41, 5.74) is 1.79. The van der Waals surface area contributed by atoms with E-state index >= 15 is 0 Å². The summed E-state index contributed by atoms with van der Waals surface area (Å²) in [5.74, 6) is 5.72. The fourth-order valence-electron chi connectivity index (χ4n) is 2.08. The second kappa shape index (κ2) is 9.74. The van der Waals surface area contributed by atoms with Gasteiger partial charge < -0.3 is 19.5 Å². The van der Waals surface area contributed by atoms with Gasteiger partial charge in [-0.3, -0.25) is 0 Å². The summed E-state index contributed by atoms with van der Waals surface area (Å²) in [7, 11) is 2.82. The number of methoxy groups -OCH3 is 2. The molecule has 0 radical (unpaired) electrons. The number of hydrogen-bond acceptors (Lipinski definition) is 5. The van der Waals surface area contributed by atoms with Crippen LogP contribution in [-0.4, -0.2) is 32.8 Å². The summed E-state index contributed by atoms with van der Waals surface area (Å²) < 4.78 is 15.0. The summed E-state index contributed by atoms with van der Waals surface area (Å²) in [6.07, 6.45) is -0.557. The molecule has 1 amide bonds. The number of ether oxygens (including phenoxy) is 3. The minimum Gasteiger partial charge on any atom is -0.495 e. The summed E-state index contributed by atoms with van der Waals surface area (Å²) in [4.78, 5) is 23.2. The second-order valence-electron chi connectivity index (χ2n) is 5.12. The largest absolute Gasteiger partial charge is 0.495 e. The lowest BCUT2D eigenvalue weighted by atomic mass is 10.1. The quantitative estimate of drug-likeness (QED) is 0.661. The number of benzene rings is 2. The van der Waals surface area contributed by atoms with E-state index in [2.05, 4.69) is 21.9 Å². The zero-order valence-electron chi connectivity index (χ0n) is 14.6. The third kappa shape index (κ3) is 5.56. The van der Waals surface area contributed by atoms with E-state index in [1.807, 2.05) is 30.3 Å². The highest BCUT2D eigenvalue weighted by atomic mass is 16.5. The second-order valence-corrected chi connectivity index (χ2v) is 5.12. The highest BCUT2D eigenvalue weighted by molar-refractivity contribution is 5.90. The van der Waals surface area contributed by atoms with Crippen molar-refractivity contribution in [1.82, 2.24) is 5.32 Å². The van der Waals surface area contributed by atoms with Gasteiger partial charge in [-0.05, 0) is 23.8 Å². The number of nitrogens with one attached hydrogen (secondary N) is 1. The van der Waals surface area contributed by atoms with Crippen molar-refractivity contribution < 1.29 is 23.8 Å². The van der Waals surface area contributed by atoms with Gasteiger partial charge in [-0.25, -0.2) is 9.59 Å². The number of amides is 1. The molecule has 0 bridgehead atoms. The molecule has 0 aliphatic heterocycles. The Morgan fingerprint density at radius 1 is 1.08 bits per heavy atom. The molecule has 26 heavy (non-hydrogen) atoms. The average molecular weight is 353 g/mol. The van der Waals surface area contributed by atoms with Crippen LogP contribution in [-0.2, 0) is 16.1 Å². The van der Waals surface area contributed by atoms with Crippen molar-refractivity contribution in [3.63, 3.8) is 0 Å². The molecule has 134 valence electrons. The first kappa shape index (κ1) is 18.9. The average Bonchev–Trinajstić information content (AvgIpc) is 2.69. The highest BCUT2D eigenvalue weighted by Crippen LogP contribution is 2.19. The molecule has 0 atom stereocenters.